The number of carbonyl (C=O) groups is 1. The molecule has 0 radical (unpaired) electrons. The van der Waals surface area contributed by atoms with E-state index in [1.54, 1.807) is 0 Å². The number of amides is 2. The smallest absolute Gasteiger partial charge is 0.314 e. The zero-order valence-corrected chi connectivity index (χ0v) is 14.6. The molecule has 3 rings (SSSR count). The molecular formula is C19H28N2O3. The Labute approximate surface area is 143 Å². The SMILES string of the molecule is CC1(C)CCC(CNC(=O)NCC2(CO)COC2)c2ccccc21. The first-order valence-corrected chi connectivity index (χ1v) is 8.76. The summed E-state index contributed by atoms with van der Waals surface area (Å²) in [5, 5.41) is 15.2. The molecule has 1 saturated heterocycles. The minimum absolute atomic E-state index is 0.0400. The third-order valence-corrected chi connectivity index (χ3v) is 5.53. The molecule has 0 saturated carbocycles. The van der Waals surface area contributed by atoms with Crippen LogP contribution in [0.1, 0.15) is 43.7 Å². The van der Waals surface area contributed by atoms with Crippen molar-refractivity contribution in [2.24, 2.45) is 5.41 Å². The Hall–Kier alpha value is -1.59. The predicted molar refractivity (Wildman–Crippen MR) is 93.2 cm³/mol. The maximum atomic E-state index is 12.1. The summed E-state index contributed by atoms with van der Waals surface area (Å²) in [5.41, 5.74) is 2.66. The van der Waals surface area contributed by atoms with Gasteiger partial charge < -0.3 is 20.5 Å². The molecule has 1 aliphatic carbocycles. The van der Waals surface area contributed by atoms with Crippen molar-refractivity contribution in [3.63, 3.8) is 0 Å². The number of urea groups is 1. The van der Waals surface area contributed by atoms with E-state index in [2.05, 4.69) is 48.7 Å². The van der Waals surface area contributed by atoms with E-state index in [-0.39, 0.29) is 23.5 Å². The highest BCUT2D eigenvalue weighted by atomic mass is 16.5. The molecule has 132 valence electrons. The monoisotopic (exact) mass is 332 g/mol. The zero-order valence-electron chi connectivity index (χ0n) is 14.6. The Balaban J connectivity index is 1.54. The van der Waals surface area contributed by atoms with E-state index in [0.717, 1.165) is 12.8 Å². The quantitative estimate of drug-likeness (QED) is 0.774. The Bertz CT molecular complexity index is 591. The van der Waals surface area contributed by atoms with Crippen LogP contribution in [0.2, 0.25) is 0 Å². The molecule has 0 spiro atoms. The lowest BCUT2D eigenvalue weighted by Crippen LogP contribution is -2.54. The van der Waals surface area contributed by atoms with E-state index in [1.165, 1.54) is 11.1 Å². The molecular weight excluding hydrogens is 304 g/mol. The maximum absolute atomic E-state index is 12.1. The number of hydrogen-bond acceptors (Lipinski definition) is 3. The first-order chi connectivity index (χ1) is 11.5. The normalized spacial score (nSPS) is 23.7. The summed E-state index contributed by atoms with van der Waals surface area (Å²) in [6, 6.07) is 8.40. The molecule has 0 aromatic heterocycles. The molecule has 24 heavy (non-hydrogen) atoms. The second-order valence-electron chi connectivity index (χ2n) is 7.92. The lowest BCUT2D eigenvalue weighted by atomic mass is 9.69. The van der Waals surface area contributed by atoms with Crippen LogP contribution in [-0.4, -0.2) is 44.0 Å². The summed E-state index contributed by atoms with van der Waals surface area (Å²) in [5.74, 6) is 0.360. The van der Waals surface area contributed by atoms with Crippen molar-refractivity contribution in [1.29, 1.82) is 0 Å². The fourth-order valence-electron chi connectivity index (χ4n) is 3.69. The van der Waals surface area contributed by atoms with Crippen molar-refractivity contribution in [1.82, 2.24) is 10.6 Å². The average molecular weight is 332 g/mol. The maximum Gasteiger partial charge on any atom is 0.314 e. The van der Waals surface area contributed by atoms with Crippen molar-refractivity contribution in [3.05, 3.63) is 35.4 Å². The van der Waals surface area contributed by atoms with Gasteiger partial charge in [0.15, 0.2) is 0 Å². The highest BCUT2D eigenvalue weighted by Crippen LogP contribution is 2.42. The van der Waals surface area contributed by atoms with Crippen LogP contribution in [0.4, 0.5) is 4.79 Å². The van der Waals surface area contributed by atoms with E-state index in [4.69, 9.17) is 4.74 Å². The van der Waals surface area contributed by atoms with Gasteiger partial charge in [0, 0.05) is 19.0 Å². The molecule has 1 aromatic rings. The fraction of sp³-hybridized carbons (Fsp3) is 0.632. The number of fused-ring (bicyclic) bond motifs is 1. The third-order valence-electron chi connectivity index (χ3n) is 5.53. The highest BCUT2D eigenvalue weighted by molar-refractivity contribution is 5.74. The molecule has 1 atom stereocenters. The standard InChI is InChI=1S/C19H28N2O3/c1-18(2)8-7-14(15-5-3-4-6-16(15)18)9-20-17(23)21-10-19(11-22)12-24-13-19/h3-6,14,22H,7-13H2,1-2H3,(H2,20,21,23). The van der Waals surface area contributed by atoms with Gasteiger partial charge in [-0.3, -0.25) is 0 Å². The van der Waals surface area contributed by atoms with Crippen LogP contribution in [0.25, 0.3) is 0 Å². The summed E-state index contributed by atoms with van der Waals surface area (Å²) in [6.07, 6.45) is 2.21. The van der Waals surface area contributed by atoms with Gasteiger partial charge in [0.1, 0.15) is 0 Å². The van der Waals surface area contributed by atoms with Gasteiger partial charge in [0.05, 0.1) is 25.2 Å². The van der Waals surface area contributed by atoms with E-state index >= 15 is 0 Å². The number of benzene rings is 1. The molecule has 1 aliphatic heterocycles. The Morgan fingerprint density at radius 2 is 2.04 bits per heavy atom. The molecule has 1 heterocycles. The molecule has 1 aromatic carbocycles. The topological polar surface area (TPSA) is 70.6 Å². The third kappa shape index (κ3) is 3.42. The van der Waals surface area contributed by atoms with Crippen LogP contribution >= 0.6 is 0 Å². The molecule has 1 unspecified atom stereocenters. The van der Waals surface area contributed by atoms with Crippen molar-refractivity contribution in [2.75, 3.05) is 32.9 Å². The van der Waals surface area contributed by atoms with Gasteiger partial charge in [-0.2, -0.15) is 0 Å². The largest absolute Gasteiger partial charge is 0.396 e. The molecule has 5 nitrogen and oxygen atoms in total. The van der Waals surface area contributed by atoms with Crippen molar-refractivity contribution in [2.45, 2.75) is 38.0 Å². The van der Waals surface area contributed by atoms with Crippen molar-refractivity contribution in [3.8, 4) is 0 Å². The van der Waals surface area contributed by atoms with E-state index in [0.29, 0.717) is 32.2 Å². The van der Waals surface area contributed by atoms with E-state index in [1.807, 2.05) is 0 Å². The molecule has 2 amide bonds. The molecule has 5 heteroatoms. The summed E-state index contributed by atoms with van der Waals surface area (Å²) in [7, 11) is 0. The second kappa shape index (κ2) is 6.73. The number of rotatable bonds is 5. The summed E-state index contributed by atoms with van der Waals surface area (Å²) in [6.45, 7) is 6.72. The van der Waals surface area contributed by atoms with Gasteiger partial charge in [0.25, 0.3) is 0 Å². The minimum Gasteiger partial charge on any atom is -0.396 e. The summed E-state index contributed by atoms with van der Waals surface area (Å²) in [4.78, 5) is 12.1. The van der Waals surface area contributed by atoms with E-state index < -0.39 is 0 Å². The fourth-order valence-corrected chi connectivity index (χ4v) is 3.69. The molecule has 1 fully saturated rings. The van der Waals surface area contributed by atoms with E-state index in [9.17, 15) is 9.90 Å². The summed E-state index contributed by atoms with van der Waals surface area (Å²) >= 11 is 0. The number of carbonyl (C=O) groups excluding carboxylic acids is 1. The Kier molecular flexibility index (Phi) is 4.83. The number of nitrogens with one attached hydrogen (secondary N) is 2. The Morgan fingerprint density at radius 1 is 1.29 bits per heavy atom. The summed E-state index contributed by atoms with van der Waals surface area (Å²) < 4.78 is 5.14. The van der Waals surface area contributed by atoms with Gasteiger partial charge in [-0.1, -0.05) is 38.1 Å². The van der Waals surface area contributed by atoms with Crippen molar-refractivity contribution >= 4 is 6.03 Å². The van der Waals surface area contributed by atoms with Crippen LogP contribution < -0.4 is 10.6 Å². The second-order valence-corrected chi connectivity index (χ2v) is 7.92. The van der Waals surface area contributed by atoms with Gasteiger partial charge in [-0.25, -0.2) is 4.79 Å². The number of aliphatic hydroxyl groups is 1. The first-order valence-electron chi connectivity index (χ1n) is 8.76. The number of hydrogen-bond donors (Lipinski definition) is 3. The lowest BCUT2D eigenvalue weighted by molar-refractivity contribution is -0.132. The molecule has 3 N–H and O–H groups in total. The number of aliphatic hydroxyl groups excluding tert-OH is 1. The van der Waals surface area contributed by atoms with Crippen molar-refractivity contribution < 1.29 is 14.6 Å². The van der Waals surface area contributed by atoms with Gasteiger partial charge in [-0.15, -0.1) is 0 Å². The minimum atomic E-state index is -0.293. The predicted octanol–water partition coefficient (Wildman–Crippen LogP) is 2.15. The molecule has 0 bridgehead atoms. The van der Waals surface area contributed by atoms with Crippen LogP contribution in [0.3, 0.4) is 0 Å². The van der Waals surface area contributed by atoms with Crippen LogP contribution in [0, 0.1) is 5.41 Å². The first kappa shape index (κ1) is 17.2. The highest BCUT2D eigenvalue weighted by Gasteiger charge is 2.38. The van der Waals surface area contributed by atoms with Gasteiger partial charge >= 0.3 is 6.03 Å². The Morgan fingerprint density at radius 3 is 2.71 bits per heavy atom. The van der Waals surface area contributed by atoms with Crippen LogP contribution in [0.15, 0.2) is 24.3 Å². The lowest BCUT2D eigenvalue weighted by Gasteiger charge is -2.40. The van der Waals surface area contributed by atoms with Gasteiger partial charge in [0.2, 0.25) is 0 Å². The zero-order chi connectivity index (χ0) is 17.2. The molecule has 2 aliphatic rings. The van der Waals surface area contributed by atoms with Crippen LogP contribution in [-0.2, 0) is 10.2 Å². The van der Waals surface area contributed by atoms with Gasteiger partial charge in [-0.05, 0) is 29.4 Å². The van der Waals surface area contributed by atoms with Crippen LogP contribution in [0.5, 0.6) is 0 Å². The number of ether oxygens (including phenoxy) is 1. The average Bonchev–Trinajstić information content (AvgIpc) is 2.54.